The Morgan fingerprint density at radius 1 is 1.38 bits per heavy atom. The number of carbonyl (C=O) groups is 1. The highest BCUT2D eigenvalue weighted by atomic mass is 32.1. The van der Waals surface area contributed by atoms with Gasteiger partial charge in [0.05, 0.1) is 25.0 Å². The van der Waals surface area contributed by atoms with Gasteiger partial charge >= 0.3 is 0 Å². The number of nitrogen functional groups attached to an aromatic ring is 1. The second kappa shape index (κ2) is 10.2. The fraction of sp³-hybridized carbons (Fsp3) is 0.304. The average molecular weight is 419 g/mol. The molecule has 0 radical (unpaired) electrons. The van der Waals surface area contributed by atoms with Crippen molar-refractivity contribution < 1.29 is 22.2 Å². The summed E-state index contributed by atoms with van der Waals surface area (Å²) < 4.78 is 73.7. The summed E-state index contributed by atoms with van der Waals surface area (Å²) in [7, 11) is 0. The summed E-state index contributed by atoms with van der Waals surface area (Å²) in [5, 5.41) is 15.6. The molecule has 3 aromatic rings. The van der Waals surface area contributed by atoms with Gasteiger partial charge in [0.2, 0.25) is 5.91 Å². The van der Waals surface area contributed by atoms with E-state index in [9.17, 15) is 9.90 Å². The number of hydrogen-bond acceptors (Lipinski definition) is 5. The third kappa shape index (κ3) is 6.69. The molecule has 152 valence electrons. The van der Waals surface area contributed by atoms with Crippen molar-refractivity contribution in [2.45, 2.75) is 45.0 Å². The molecule has 6 heteroatoms. The lowest BCUT2D eigenvalue weighted by molar-refractivity contribution is -0.115. The molecular formula is C23H27N3O2S. The predicted molar refractivity (Wildman–Crippen MR) is 119 cm³/mol. The highest BCUT2D eigenvalue weighted by molar-refractivity contribution is 7.13. The number of hydrogen-bond donors (Lipinski definition) is 3. The molecule has 0 aliphatic heterocycles. The Labute approximate surface area is 188 Å². The zero-order valence-corrected chi connectivity index (χ0v) is 16.6. The summed E-state index contributed by atoms with van der Waals surface area (Å²) in [5.74, 6) is -0.332. The SMILES string of the molecule is [2H]c1c([2H])c(C)c([2H])c([C@@]([2H])(O)C([2H])([2H])CCC([2H])([2H])c2ccc(NC(=O)Cc3csc(N)n3)cc2)c1[2H]. The molecule has 0 aliphatic rings. The highest BCUT2D eigenvalue weighted by Gasteiger charge is 2.08. The number of rotatable bonds is 9. The van der Waals surface area contributed by atoms with Gasteiger partial charge in [-0.25, -0.2) is 4.98 Å². The van der Waals surface area contributed by atoms with Crippen molar-refractivity contribution in [3.8, 4) is 0 Å². The Kier molecular flexibility index (Phi) is 4.25. The molecule has 1 atom stereocenters. The van der Waals surface area contributed by atoms with Crippen molar-refractivity contribution in [2.24, 2.45) is 0 Å². The molecule has 0 saturated carbocycles. The normalized spacial score (nSPS) is 18.5. The zero-order chi connectivity index (χ0) is 28.6. The van der Waals surface area contributed by atoms with E-state index in [-0.39, 0.29) is 23.5 Å². The Hall–Kier alpha value is -2.70. The van der Waals surface area contributed by atoms with E-state index in [0.29, 0.717) is 16.5 Å². The first-order chi connectivity index (χ1) is 17.5. The molecule has 0 spiro atoms. The number of nitrogens with two attached hydrogens (primary N) is 1. The van der Waals surface area contributed by atoms with Crippen LogP contribution in [0.4, 0.5) is 10.8 Å². The van der Waals surface area contributed by atoms with Crippen molar-refractivity contribution in [1.29, 1.82) is 0 Å². The monoisotopic (exact) mass is 418 g/mol. The molecule has 2 aromatic carbocycles. The van der Waals surface area contributed by atoms with Gasteiger partial charge < -0.3 is 16.2 Å². The van der Waals surface area contributed by atoms with Gasteiger partial charge in [-0.2, -0.15) is 0 Å². The third-order valence-electron chi connectivity index (χ3n) is 3.81. The number of aliphatic hydroxyl groups is 1. The minimum Gasteiger partial charge on any atom is -0.388 e. The van der Waals surface area contributed by atoms with E-state index in [0.717, 1.165) is 0 Å². The standard InChI is InChI=1S/C23H27N3O2S/c1-16-5-4-7-18(13-16)21(27)8-3-2-6-17-9-11-19(12-10-17)25-22(28)14-20-15-29-23(24)26-20/h4-5,7,9-13,15,21,27H,2-3,6,8,14H2,1H3,(H2,24,26)(H,25,28)/t21-/m0/s1/i4D,5D,6D2,7D,8D2,13D,21D. The summed E-state index contributed by atoms with van der Waals surface area (Å²) in [6.07, 6.45) is -9.11. The predicted octanol–water partition coefficient (Wildman–Crippen LogP) is 4.66. The van der Waals surface area contributed by atoms with Crippen LogP contribution in [-0.4, -0.2) is 16.0 Å². The molecule has 0 fully saturated rings. The number of benzene rings is 2. The summed E-state index contributed by atoms with van der Waals surface area (Å²) in [4.78, 5) is 16.2. The van der Waals surface area contributed by atoms with E-state index in [1.807, 2.05) is 0 Å². The minimum atomic E-state index is -3.14. The third-order valence-corrected chi connectivity index (χ3v) is 4.54. The number of aryl methyl sites for hydroxylation is 1. The molecule has 5 nitrogen and oxygen atoms in total. The van der Waals surface area contributed by atoms with Crippen molar-refractivity contribution in [3.05, 3.63) is 76.2 Å². The van der Waals surface area contributed by atoms with Crippen LogP contribution in [0.25, 0.3) is 0 Å². The first kappa shape index (κ1) is 12.1. The van der Waals surface area contributed by atoms with Crippen LogP contribution in [0.3, 0.4) is 0 Å². The summed E-state index contributed by atoms with van der Waals surface area (Å²) >= 11 is 1.22. The van der Waals surface area contributed by atoms with Crippen molar-refractivity contribution in [1.82, 2.24) is 4.98 Å². The van der Waals surface area contributed by atoms with Gasteiger partial charge in [-0.3, -0.25) is 4.79 Å². The van der Waals surface area contributed by atoms with Gasteiger partial charge in [0, 0.05) is 16.6 Å². The molecule has 1 heterocycles. The Morgan fingerprint density at radius 2 is 2.17 bits per heavy atom. The number of nitrogens with zero attached hydrogens (tertiary/aromatic N) is 1. The van der Waals surface area contributed by atoms with E-state index >= 15 is 0 Å². The molecule has 0 unspecified atom stereocenters. The summed E-state index contributed by atoms with van der Waals surface area (Å²) in [6, 6.07) is 3.46. The molecule has 0 bridgehead atoms. The number of aromatic nitrogens is 1. The maximum Gasteiger partial charge on any atom is 0.230 e. The number of carbonyl (C=O) groups excluding carboxylic acids is 1. The smallest absolute Gasteiger partial charge is 0.230 e. The van der Waals surface area contributed by atoms with Gasteiger partial charge in [0.15, 0.2) is 5.13 Å². The van der Waals surface area contributed by atoms with E-state index < -0.39 is 61.4 Å². The Balaban J connectivity index is 1.73. The Morgan fingerprint density at radius 3 is 2.90 bits per heavy atom. The van der Waals surface area contributed by atoms with Crippen molar-refractivity contribution >= 4 is 28.1 Å². The maximum absolute atomic E-state index is 12.2. The van der Waals surface area contributed by atoms with E-state index in [1.165, 1.54) is 42.5 Å². The number of anilines is 2. The molecule has 3 rings (SSSR count). The van der Waals surface area contributed by atoms with Gasteiger partial charge in [0.25, 0.3) is 0 Å². The van der Waals surface area contributed by atoms with Crippen LogP contribution >= 0.6 is 11.3 Å². The molecule has 1 amide bonds. The first-order valence-corrected chi connectivity index (χ1v) is 9.76. The van der Waals surface area contributed by atoms with Crippen molar-refractivity contribution in [2.75, 3.05) is 11.1 Å². The maximum atomic E-state index is 12.2. The molecule has 4 N–H and O–H groups in total. The van der Waals surface area contributed by atoms with Crippen LogP contribution in [0.15, 0.2) is 53.8 Å². The van der Waals surface area contributed by atoms with Gasteiger partial charge in [-0.1, -0.05) is 48.3 Å². The van der Waals surface area contributed by atoms with Crippen LogP contribution in [0.2, 0.25) is 0 Å². The average Bonchev–Trinajstić information content (AvgIpc) is 3.24. The van der Waals surface area contributed by atoms with E-state index in [4.69, 9.17) is 18.1 Å². The van der Waals surface area contributed by atoms with Gasteiger partial charge in [-0.15, -0.1) is 11.3 Å². The van der Waals surface area contributed by atoms with Crippen LogP contribution in [0, 0.1) is 6.92 Å². The lowest BCUT2D eigenvalue weighted by atomic mass is 10.00. The van der Waals surface area contributed by atoms with Gasteiger partial charge in [-0.05, 0) is 49.4 Å². The van der Waals surface area contributed by atoms with Crippen molar-refractivity contribution in [3.63, 3.8) is 0 Å². The van der Waals surface area contributed by atoms with E-state index in [2.05, 4.69) is 10.3 Å². The molecule has 0 aliphatic carbocycles. The Bertz CT molecular complexity index is 1320. The second-order valence-corrected chi connectivity index (χ2v) is 7.07. The van der Waals surface area contributed by atoms with Crippen LogP contribution in [0.5, 0.6) is 0 Å². The highest BCUT2D eigenvalue weighted by Crippen LogP contribution is 2.21. The van der Waals surface area contributed by atoms with E-state index in [1.54, 1.807) is 5.38 Å². The summed E-state index contributed by atoms with van der Waals surface area (Å²) in [6.45, 7) is 1.32. The molecular weight excluding hydrogens is 382 g/mol. The number of nitrogens with one attached hydrogen (secondary N) is 1. The second-order valence-electron chi connectivity index (χ2n) is 6.18. The number of thiazole rings is 1. The lowest BCUT2D eigenvalue weighted by Crippen LogP contribution is -2.14. The zero-order valence-electron chi connectivity index (χ0n) is 24.8. The number of amides is 1. The van der Waals surface area contributed by atoms with Crippen LogP contribution in [0.1, 0.15) is 60.0 Å². The summed E-state index contributed by atoms with van der Waals surface area (Å²) in [5.41, 5.74) is 5.88. The van der Waals surface area contributed by atoms with Gasteiger partial charge in [0.1, 0.15) is 0 Å². The fourth-order valence-corrected chi connectivity index (χ4v) is 3.04. The fourth-order valence-electron chi connectivity index (χ4n) is 2.48. The largest absolute Gasteiger partial charge is 0.388 e. The molecule has 29 heavy (non-hydrogen) atoms. The topological polar surface area (TPSA) is 88.2 Å². The quantitative estimate of drug-likeness (QED) is 0.471. The first-order valence-electron chi connectivity index (χ1n) is 13.4. The van der Waals surface area contributed by atoms with Crippen LogP contribution in [-0.2, 0) is 17.6 Å². The molecule has 1 aromatic heterocycles. The minimum absolute atomic E-state index is 0.0211. The lowest BCUT2D eigenvalue weighted by Gasteiger charge is -2.11. The van der Waals surface area contributed by atoms with Crippen LogP contribution < -0.4 is 11.1 Å². The molecule has 0 saturated heterocycles.